The quantitative estimate of drug-likeness (QED) is 0.852. The number of benzene rings is 1. The van der Waals surface area contributed by atoms with E-state index in [-0.39, 0.29) is 22.5 Å². The van der Waals surface area contributed by atoms with Gasteiger partial charge in [0.1, 0.15) is 5.82 Å². The maximum absolute atomic E-state index is 13.6. The molecule has 6 heteroatoms. The van der Waals surface area contributed by atoms with E-state index < -0.39 is 18.4 Å². The van der Waals surface area contributed by atoms with Crippen molar-refractivity contribution in [2.24, 2.45) is 11.8 Å². The molecule has 1 saturated carbocycles. The minimum Gasteiger partial charge on any atom is -0.452 e. The lowest BCUT2D eigenvalue weighted by molar-refractivity contribution is -0.125. The van der Waals surface area contributed by atoms with Crippen LogP contribution in [0.2, 0.25) is 5.02 Å². The van der Waals surface area contributed by atoms with Crippen molar-refractivity contribution in [2.45, 2.75) is 39.2 Å². The lowest BCUT2D eigenvalue weighted by Gasteiger charge is -2.34. The van der Waals surface area contributed by atoms with Crippen LogP contribution in [0, 0.1) is 17.7 Å². The molecule has 0 radical (unpaired) electrons. The van der Waals surface area contributed by atoms with Gasteiger partial charge in [0, 0.05) is 11.1 Å². The predicted octanol–water partition coefficient (Wildman–Crippen LogP) is 3.58. The van der Waals surface area contributed by atoms with Crippen LogP contribution in [-0.2, 0) is 9.53 Å². The summed E-state index contributed by atoms with van der Waals surface area (Å²) < 4.78 is 18.4. The number of carbonyl (C=O) groups is 2. The van der Waals surface area contributed by atoms with Gasteiger partial charge in [0.15, 0.2) is 6.61 Å². The van der Waals surface area contributed by atoms with Crippen molar-refractivity contribution in [1.29, 1.82) is 0 Å². The molecular weight excluding hydrogens is 321 g/mol. The summed E-state index contributed by atoms with van der Waals surface area (Å²) in [4.78, 5) is 23.8. The summed E-state index contributed by atoms with van der Waals surface area (Å²) in [6.45, 7) is 3.86. The normalized spacial score (nSPS) is 24.1. The molecule has 1 fully saturated rings. The molecule has 1 aliphatic carbocycles. The second-order valence-corrected chi connectivity index (χ2v) is 6.58. The number of carbonyl (C=O) groups excluding carboxylic acids is 2. The smallest absolute Gasteiger partial charge is 0.341 e. The number of rotatable bonds is 4. The van der Waals surface area contributed by atoms with Gasteiger partial charge in [-0.1, -0.05) is 38.3 Å². The van der Waals surface area contributed by atoms with E-state index in [1.807, 2.05) is 0 Å². The highest BCUT2D eigenvalue weighted by molar-refractivity contribution is 6.30. The minimum absolute atomic E-state index is 0.0906. The van der Waals surface area contributed by atoms with Gasteiger partial charge in [-0.25, -0.2) is 9.18 Å². The Bertz CT molecular complexity index is 593. The molecule has 1 aromatic carbocycles. The third kappa shape index (κ3) is 4.67. The Balaban J connectivity index is 1.86. The van der Waals surface area contributed by atoms with E-state index in [9.17, 15) is 14.0 Å². The highest BCUT2D eigenvalue weighted by Crippen LogP contribution is 2.29. The Morgan fingerprint density at radius 2 is 2.09 bits per heavy atom. The van der Waals surface area contributed by atoms with Crippen LogP contribution >= 0.6 is 11.6 Å². The van der Waals surface area contributed by atoms with Crippen LogP contribution < -0.4 is 5.32 Å². The zero-order valence-electron chi connectivity index (χ0n) is 13.3. The lowest BCUT2D eigenvalue weighted by Crippen LogP contribution is -2.45. The topological polar surface area (TPSA) is 55.4 Å². The fourth-order valence-corrected chi connectivity index (χ4v) is 3.07. The third-order valence-electron chi connectivity index (χ3n) is 4.54. The van der Waals surface area contributed by atoms with Crippen LogP contribution in [-0.4, -0.2) is 24.5 Å². The highest BCUT2D eigenvalue weighted by atomic mass is 35.5. The second kappa shape index (κ2) is 7.77. The van der Waals surface area contributed by atoms with Crippen LogP contribution in [0.1, 0.15) is 43.5 Å². The van der Waals surface area contributed by atoms with Crippen LogP contribution in [0.25, 0.3) is 0 Å². The molecule has 1 aromatic rings. The van der Waals surface area contributed by atoms with E-state index in [2.05, 4.69) is 19.2 Å². The van der Waals surface area contributed by atoms with Gasteiger partial charge in [-0.2, -0.15) is 0 Å². The van der Waals surface area contributed by atoms with Gasteiger partial charge in [-0.3, -0.25) is 4.79 Å². The Kier molecular flexibility index (Phi) is 5.99. The molecule has 4 nitrogen and oxygen atoms in total. The van der Waals surface area contributed by atoms with E-state index in [1.165, 1.54) is 12.1 Å². The fraction of sp³-hybridized carbons (Fsp3) is 0.529. The molecule has 0 saturated heterocycles. The van der Waals surface area contributed by atoms with Crippen molar-refractivity contribution in [3.8, 4) is 0 Å². The molecule has 0 bridgehead atoms. The molecule has 2 rings (SSSR count). The van der Waals surface area contributed by atoms with Gasteiger partial charge >= 0.3 is 5.97 Å². The van der Waals surface area contributed by atoms with Crippen molar-refractivity contribution < 1.29 is 18.7 Å². The maximum atomic E-state index is 13.6. The van der Waals surface area contributed by atoms with Crippen molar-refractivity contribution >= 4 is 23.5 Å². The Hall–Kier alpha value is -1.62. The Morgan fingerprint density at radius 1 is 1.35 bits per heavy atom. The van der Waals surface area contributed by atoms with Gasteiger partial charge in [-0.05, 0) is 36.5 Å². The number of hydrogen-bond acceptors (Lipinski definition) is 3. The molecular formula is C17H21ClFNO3. The van der Waals surface area contributed by atoms with Crippen molar-refractivity contribution in [2.75, 3.05) is 6.61 Å². The van der Waals surface area contributed by atoms with E-state index in [4.69, 9.17) is 16.3 Å². The van der Waals surface area contributed by atoms with Crippen LogP contribution in [0.15, 0.2) is 18.2 Å². The van der Waals surface area contributed by atoms with Crippen LogP contribution in [0.5, 0.6) is 0 Å². The lowest BCUT2D eigenvalue weighted by atomic mass is 9.78. The van der Waals surface area contributed by atoms with Gasteiger partial charge in [0.05, 0.1) is 5.56 Å². The first-order chi connectivity index (χ1) is 10.9. The average molecular weight is 342 g/mol. The second-order valence-electron chi connectivity index (χ2n) is 6.14. The SMILES string of the molecule is C[C@H]1[C@@H](NC(=O)COC(=O)c2cc(Cl)ccc2F)CCC[C@@H]1C. The first-order valence-electron chi connectivity index (χ1n) is 7.80. The van der Waals surface area contributed by atoms with E-state index in [0.717, 1.165) is 25.3 Å². The summed E-state index contributed by atoms with van der Waals surface area (Å²) in [7, 11) is 0. The Morgan fingerprint density at radius 3 is 2.83 bits per heavy atom. The molecule has 0 heterocycles. The fourth-order valence-electron chi connectivity index (χ4n) is 2.90. The summed E-state index contributed by atoms with van der Waals surface area (Å²) in [6, 6.07) is 3.70. The molecule has 0 unspecified atom stereocenters. The minimum atomic E-state index is -0.898. The number of amides is 1. The Labute approximate surface area is 140 Å². The zero-order valence-corrected chi connectivity index (χ0v) is 14.0. The third-order valence-corrected chi connectivity index (χ3v) is 4.77. The summed E-state index contributed by atoms with van der Waals surface area (Å²) in [5.41, 5.74) is -0.273. The maximum Gasteiger partial charge on any atom is 0.341 e. The molecule has 1 amide bonds. The molecule has 1 N–H and O–H groups in total. The van der Waals surface area contributed by atoms with Crippen LogP contribution in [0.3, 0.4) is 0 Å². The predicted molar refractivity (Wildman–Crippen MR) is 85.8 cm³/mol. The summed E-state index contributed by atoms with van der Waals surface area (Å²) in [5, 5.41) is 3.13. The zero-order chi connectivity index (χ0) is 17.0. The molecule has 0 spiro atoms. The molecule has 126 valence electrons. The first-order valence-corrected chi connectivity index (χ1v) is 8.18. The average Bonchev–Trinajstić information content (AvgIpc) is 2.52. The van der Waals surface area contributed by atoms with Gasteiger partial charge in [-0.15, -0.1) is 0 Å². The molecule has 1 aliphatic rings. The van der Waals surface area contributed by atoms with Crippen molar-refractivity contribution in [3.05, 3.63) is 34.6 Å². The van der Waals surface area contributed by atoms with Crippen molar-refractivity contribution in [3.63, 3.8) is 0 Å². The summed E-state index contributed by atoms with van der Waals surface area (Å²) in [6.07, 6.45) is 3.16. The number of nitrogens with one attached hydrogen (secondary N) is 1. The van der Waals surface area contributed by atoms with Crippen LogP contribution in [0.4, 0.5) is 4.39 Å². The summed E-state index contributed by atoms with van der Waals surface area (Å²) in [5.74, 6) is -1.06. The van der Waals surface area contributed by atoms with Crippen molar-refractivity contribution in [1.82, 2.24) is 5.32 Å². The molecule has 0 aliphatic heterocycles. The van der Waals surface area contributed by atoms with Gasteiger partial charge in [0.25, 0.3) is 5.91 Å². The molecule has 3 atom stereocenters. The molecule has 0 aromatic heterocycles. The number of halogens is 2. The first kappa shape index (κ1) is 17.7. The van der Waals surface area contributed by atoms with E-state index in [0.29, 0.717) is 11.8 Å². The number of esters is 1. The number of hydrogen-bond donors (Lipinski definition) is 1. The van der Waals surface area contributed by atoms with Gasteiger partial charge < -0.3 is 10.1 Å². The summed E-state index contributed by atoms with van der Waals surface area (Å²) >= 11 is 5.73. The largest absolute Gasteiger partial charge is 0.452 e. The highest BCUT2D eigenvalue weighted by Gasteiger charge is 2.28. The monoisotopic (exact) mass is 341 g/mol. The van der Waals surface area contributed by atoms with E-state index >= 15 is 0 Å². The molecule has 23 heavy (non-hydrogen) atoms. The standard InChI is InChI=1S/C17H21ClFNO3/c1-10-4-3-5-15(11(10)2)20-16(21)9-23-17(22)13-8-12(18)6-7-14(13)19/h6-8,10-11,15H,3-5,9H2,1-2H3,(H,20,21)/t10-,11+,15-/m0/s1. The van der Waals surface area contributed by atoms with E-state index in [1.54, 1.807) is 0 Å². The number of ether oxygens (including phenoxy) is 1. The van der Waals surface area contributed by atoms with Gasteiger partial charge in [0.2, 0.25) is 0 Å².